The first kappa shape index (κ1) is 24.5. The van der Waals surface area contributed by atoms with E-state index in [0.29, 0.717) is 11.3 Å². The lowest BCUT2D eigenvalue weighted by Crippen LogP contribution is -2.48. The highest BCUT2D eigenvalue weighted by molar-refractivity contribution is 5.89. The van der Waals surface area contributed by atoms with Gasteiger partial charge in [0.25, 0.3) is 0 Å². The van der Waals surface area contributed by atoms with Crippen molar-refractivity contribution in [2.45, 2.75) is 50.5 Å². The molecule has 3 aromatic carbocycles. The minimum absolute atomic E-state index is 0.105. The highest BCUT2D eigenvalue weighted by Crippen LogP contribution is 2.62. The Morgan fingerprint density at radius 2 is 1.39 bits per heavy atom. The van der Waals surface area contributed by atoms with Crippen LogP contribution in [0.1, 0.15) is 60.0 Å². The Morgan fingerprint density at radius 3 is 2.03 bits per heavy atom. The largest absolute Gasteiger partial charge is 0.519 e. The average Bonchev–Trinajstić information content (AvgIpc) is 2.92. The lowest BCUT2D eigenvalue weighted by molar-refractivity contribution is -0.00625. The summed E-state index contributed by atoms with van der Waals surface area (Å²) in [6.07, 6.45) is 6.79. The maximum atomic E-state index is 12.6. The van der Waals surface area contributed by atoms with E-state index in [0.717, 1.165) is 34.6 Å². The van der Waals surface area contributed by atoms with Crippen molar-refractivity contribution in [3.05, 3.63) is 89.5 Å². The van der Waals surface area contributed by atoms with Crippen LogP contribution in [0.5, 0.6) is 17.2 Å². The first-order chi connectivity index (χ1) is 18.5. The van der Waals surface area contributed by atoms with E-state index in [4.69, 9.17) is 18.9 Å². The molecule has 38 heavy (non-hydrogen) atoms. The zero-order valence-corrected chi connectivity index (χ0v) is 21.6. The molecule has 6 nitrogen and oxygen atoms in total. The summed E-state index contributed by atoms with van der Waals surface area (Å²) in [7, 11) is 1.70. The van der Waals surface area contributed by atoms with E-state index in [-0.39, 0.29) is 17.8 Å². The van der Waals surface area contributed by atoms with Gasteiger partial charge < -0.3 is 18.9 Å². The summed E-state index contributed by atoms with van der Waals surface area (Å²) in [4.78, 5) is 24.9. The maximum absolute atomic E-state index is 12.6. The second-order valence-corrected chi connectivity index (χ2v) is 11.1. The van der Waals surface area contributed by atoms with Crippen LogP contribution >= 0.6 is 0 Å². The van der Waals surface area contributed by atoms with Crippen molar-refractivity contribution >= 4 is 12.1 Å². The molecule has 0 saturated heterocycles. The highest BCUT2D eigenvalue weighted by atomic mass is 16.7. The molecule has 0 heterocycles. The van der Waals surface area contributed by atoms with Gasteiger partial charge in [0.05, 0.1) is 12.7 Å². The van der Waals surface area contributed by atoms with Gasteiger partial charge in [-0.25, -0.2) is 9.59 Å². The molecule has 4 aliphatic carbocycles. The second-order valence-electron chi connectivity index (χ2n) is 11.1. The molecule has 0 N–H and O–H groups in total. The molecule has 0 atom stereocenters. The number of esters is 1. The van der Waals surface area contributed by atoms with Crippen molar-refractivity contribution in [2.24, 2.45) is 17.8 Å². The summed E-state index contributed by atoms with van der Waals surface area (Å²) in [5.74, 6) is 3.52. The molecule has 0 unspecified atom stereocenters. The third kappa shape index (κ3) is 5.00. The minimum atomic E-state index is -0.828. The number of rotatable bonds is 7. The topological polar surface area (TPSA) is 71.1 Å². The summed E-state index contributed by atoms with van der Waals surface area (Å²) in [5, 5.41) is 0. The number of carbonyl (C=O) groups is 2. The molecule has 4 fully saturated rings. The van der Waals surface area contributed by atoms with Gasteiger partial charge in [0.1, 0.15) is 23.9 Å². The van der Waals surface area contributed by atoms with Crippen molar-refractivity contribution in [2.75, 3.05) is 7.11 Å². The minimum Gasteiger partial charge on any atom is -0.496 e. The van der Waals surface area contributed by atoms with Crippen molar-refractivity contribution < 1.29 is 28.5 Å². The number of ether oxygens (including phenoxy) is 4. The van der Waals surface area contributed by atoms with Gasteiger partial charge in [-0.15, -0.1) is 0 Å². The quantitative estimate of drug-likeness (QED) is 0.248. The Labute approximate surface area is 222 Å². The number of hydrogen-bond donors (Lipinski definition) is 0. The first-order valence-electron chi connectivity index (χ1n) is 13.4. The van der Waals surface area contributed by atoms with Crippen LogP contribution < -0.4 is 14.2 Å². The van der Waals surface area contributed by atoms with Crippen LogP contribution in [0.25, 0.3) is 0 Å². The lowest BCUT2D eigenvalue weighted by atomic mass is 9.48. The average molecular weight is 513 g/mol. The summed E-state index contributed by atoms with van der Waals surface area (Å²) in [6, 6.07) is 21.3. The SMILES string of the molecule is COc1ccc(OC(=O)Oc2ccc(C(=O)OCc3ccccc3)cc2)cc1C12CC3CC(CC(C3)C1)C2. The molecule has 6 heteroatoms. The summed E-state index contributed by atoms with van der Waals surface area (Å²) >= 11 is 0. The molecular weight excluding hydrogens is 480 g/mol. The van der Waals surface area contributed by atoms with Crippen LogP contribution in [0.15, 0.2) is 72.8 Å². The summed E-state index contributed by atoms with van der Waals surface area (Å²) in [5.41, 5.74) is 2.54. The number of carbonyl (C=O) groups excluding carboxylic acids is 2. The zero-order valence-electron chi connectivity index (χ0n) is 21.6. The molecule has 196 valence electrons. The van der Waals surface area contributed by atoms with Crippen LogP contribution in [0.3, 0.4) is 0 Å². The molecule has 0 spiro atoms. The van der Waals surface area contributed by atoms with E-state index in [2.05, 4.69) is 0 Å². The molecule has 4 saturated carbocycles. The second kappa shape index (κ2) is 10.2. The molecule has 3 aromatic rings. The summed E-state index contributed by atoms with van der Waals surface area (Å²) in [6.45, 7) is 0.192. The van der Waals surface area contributed by atoms with Gasteiger partial charge in [0, 0.05) is 5.56 Å². The molecule has 0 amide bonds. The van der Waals surface area contributed by atoms with Crippen LogP contribution in [-0.2, 0) is 16.8 Å². The predicted octanol–water partition coefficient (Wildman–Crippen LogP) is 7.10. The van der Waals surface area contributed by atoms with Gasteiger partial charge in [-0.3, -0.25) is 0 Å². The lowest BCUT2D eigenvalue weighted by Gasteiger charge is -2.57. The number of benzene rings is 3. The van der Waals surface area contributed by atoms with Crippen molar-refractivity contribution in [1.29, 1.82) is 0 Å². The van der Waals surface area contributed by atoms with Crippen molar-refractivity contribution in [1.82, 2.24) is 0 Å². The standard InChI is InChI=1S/C32H32O6/c1-35-29-12-11-27(16-28(29)32-17-22-13-23(18-32)15-24(14-22)19-32)38-31(34)37-26-9-7-25(8-10-26)30(33)36-20-21-5-3-2-4-6-21/h2-12,16,22-24H,13-15,17-20H2,1H3. The molecule has 0 aliphatic heterocycles. The van der Waals surface area contributed by atoms with Gasteiger partial charge in [-0.1, -0.05) is 30.3 Å². The Bertz CT molecular complexity index is 1280. The molecule has 0 radical (unpaired) electrons. The highest BCUT2D eigenvalue weighted by Gasteiger charge is 2.52. The van der Waals surface area contributed by atoms with E-state index in [1.54, 1.807) is 37.4 Å². The molecular formula is C32H32O6. The van der Waals surface area contributed by atoms with Gasteiger partial charge in [0.15, 0.2) is 0 Å². The van der Waals surface area contributed by atoms with Crippen LogP contribution in [0.4, 0.5) is 4.79 Å². The maximum Gasteiger partial charge on any atom is 0.519 e. The van der Waals surface area contributed by atoms with E-state index < -0.39 is 12.1 Å². The Balaban J connectivity index is 1.10. The normalized spacial score (nSPS) is 25.0. The summed E-state index contributed by atoms with van der Waals surface area (Å²) < 4.78 is 22.1. The Hall–Kier alpha value is -3.80. The van der Waals surface area contributed by atoms with Crippen LogP contribution in [0.2, 0.25) is 0 Å². The first-order valence-corrected chi connectivity index (χ1v) is 13.4. The predicted molar refractivity (Wildman–Crippen MR) is 141 cm³/mol. The van der Waals surface area contributed by atoms with Gasteiger partial charge >= 0.3 is 12.1 Å². The molecule has 7 rings (SSSR count). The van der Waals surface area contributed by atoms with E-state index >= 15 is 0 Å². The van der Waals surface area contributed by atoms with E-state index in [9.17, 15) is 9.59 Å². The third-order valence-corrected chi connectivity index (χ3v) is 8.49. The van der Waals surface area contributed by atoms with E-state index in [1.807, 2.05) is 42.5 Å². The van der Waals surface area contributed by atoms with Crippen molar-refractivity contribution in [3.8, 4) is 17.2 Å². The molecule has 0 aromatic heterocycles. The van der Waals surface area contributed by atoms with Crippen LogP contribution in [-0.4, -0.2) is 19.2 Å². The Morgan fingerprint density at radius 1 is 0.789 bits per heavy atom. The van der Waals surface area contributed by atoms with Gasteiger partial charge in [0.2, 0.25) is 0 Å². The fourth-order valence-corrected chi connectivity index (χ4v) is 7.28. The van der Waals surface area contributed by atoms with Gasteiger partial charge in [-0.05, 0) is 110 Å². The van der Waals surface area contributed by atoms with Crippen LogP contribution in [0, 0.1) is 17.8 Å². The molecule has 4 aliphatic rings. The third-order valence-electron chi connectivity index (χ3n) is 8.49. The zero-order chi connectivity index (χ0) is 26.1. The van der Waals surface area contributed by atoms with E-state index in [1.165, 1.54) is 38.5 Å². The number of hydrogen-bond acceptors (Lipinski definition) is 6. The van der Waals surface area contributed by atoms with Crippen molar-refractivity contribution in [3.63, 3.8) is 0 Å². The number of methoxy groups -OCH3 is 1. The molecule has 4 bridgehead atoms. The van der Waals surface area contributed by atoms with Gasteiger partial charge in [-0.2, -0.15) is 0 Å². The smallest absolute Gasteiger partial charge is 0.496 e. The fourth-order valence-electron chi connectivity index (χ4n) is 7.28. The monoisotopic (exact) mass is 512 g/mol. The Kier molecular flexibility index (Phi) is 6.56. The fraction of sp³-hybridized carbons (Fsp3) is 0.375.